The zero-order valence-electron chi connectivity index (χ0n) is 10.3. The second-order valence-electron chi connectivity index (χ2n) is 3.14. The molecule has 1 atom stereocenters. The van der Waals surface area contributed by atoms with E-state index < -0.39 is 23.6 Å². The van der Waals surface area contributed by atoms with Gasteiger partial charge in [-0.2, -0.15) is 5.09 Å². The number of halogens is 4. The number of hydrogen-bond acceptors (Lipinski definition) is 4. The quantitative estimate of drug-likeness (QED) is 0.387. The molecule has 114 valence electrons. The monoisotopic (exact) mass is 374 g/mol. The van der Waals surface area contributed by atoms with Crippen LogP contribution in [0.1, 0.15) is 13.8 Å². The maximum absolute atomic E-state index is 12.2. The smallest absolute Gasteiger partial charge is 0.335 e. The molecule has 0 saturated heterocycles. The predicted octanol–water partition coefficient (Wildman–Crippen LogP) is 2.81. The topological polar surface area (TPSA) is 76.7 Å². The third kappa shape index (κ3) is 7.93. The maximum atomic E-state index is 12.2. The Labute approximate surface area is 132 Å². The summed E-state index contributed by atoms with van der Waals surface area (Å²) in [6.07, 6.45) is -1.28. The van der Waals surface area contributed by atoms with E-state index in [1.165, 1.54) is 0 Å². The van der Waals surface area contributed by atoms with E-state index in [-0.39, 0.29) is 19.1 Å². The van der Waals surface area contributed by atoms with Crippen molar-refractivity contribution in [3.63, 3.8) is 0 Å². The Balaban J connectivity index is 4.96. The van der Waals surface area contributed by atoms with Gasteiger partial charge in [0.25, 0.3) is 0 Å². The summed E-state index contributed by atoms with van der Waals surface area (Å²) in [7, 11) is -3.70. The van der Waals surface area contributed by atoms with Crippen LogP contribution in [0.5, 0.6) is 0 Å². The van der Waals surface area contributed by atoms with Gasteiger partial charge in [0.2, 0.25) is 9.70 Å². The highest BCUT2D eigenvalue weighted by Gasteiger charge is 2.40. The molecule has 0 bridgehead atoms. The third-order valence-corrected chi connectivity index (χ3v) is 4.31. The van der Waals surface area contributed by atoms with E-state index >= 15 is 0 Å². The largest absolute Gasteiger partial charge is 0.407 e. The van der Waals surface area contributed by atoms with Gasteiger partial charge in [0.15, 0.2) is 0 Å². The average molecular weight is 376 g/mol. The first kappa shape index (κ1) is 19.7. The van der Waals surface area contributed by atoms with Crippen LogP contribution in [-0.2, 0) is 18.4 Å². The molecular weight excluding hydrogens is 361 g/mol. The van der Waals surface area contributed by atoms with Crippen molar-refractivity contribution in [2.45, 2.75) is 23.8 Å². The lowest BCUT2D eigenvalue weighted by molar-refractivity contribution is -0.119. The molecule has 0 saturated carbocycles. The molecule has 0 fully saturated rings. The van der Waals surface area contributed by atoms with E-state index in [9.17, 15) is 9.36 Å². The standard InChI is InChI=1S/C8H15Cl4N2O4P/c1-3-17-19(16,18-4-2)14-7(8(10,11)12)13-6(15)5-9/h7H,3-5H2,1-2H3,(H,13,15)(H,14,16). The van der Waals surface area contributed by atoms with Crippen LogP contribution in [0.2, 0.25) is 0 Å². The first-order chi connectivity index (χ1) is 8.68. The minimum Gasteiger partial charge on any atom is -0.335 e. The van der Waals surface area contributed by atoms with E-state index in [4.69, 9.17) is 55.5 Å². The van der Waals surface area contributed by atoms with Crippen molar-refractivity contribution in [2.24, 2.45) is 0 Å². The van der Waals surface area contributed by atoms with Crippen LogP contribution in [0.25, 0.3) is 0 Å². The van der Waals surface area contributed by atoms with Gasteiger partial charge in [-0.1, -0.05) is 34.8 Å². The number of nitrogens with one attached hydrogen (secondary N) is 2. The van der Waals surface area contributed by atoms with Gasteiger partial charge < -0.3 is 5.32 Å². The molecule has 2 N–H and O–H groups in total. The van der Waals surface area contributed by atoms with Crippen molar-refractivity contribution in [3.05, 3.63) is 0 Å². The fourth-order valence-electron chi connectivity index (χ4n) is 0.997. The number of amides is 1. The Hall–Kier alpha value is 0.740. The van der Waals surface area contributed by atoms with Gasteiger partial charge in [0.1, 0.15) is 12.0 Å². The van der Waals surface area contributed by atoms with Crippen LogP contribution in [0.4, 0.5) is 0 Å². The molecule has 1 amide bonds. The molecule has 0 aliphatic heterocycles. The van der Waals surface area contributed by atoms with E-state index in [1.807, 2.05) is 0 Å². The summed E-state index contributed by atoms with van der Waals surface area (Å²) in [5.41, 5.74) is 0. The third-order valence-electron chi connectivity index (χ3n) is 1.64. The summed E-state index contributed by atoms with van der Waals surface area (Å²) in [5, 5.41) is 4.63. The molecule has 1 unspecified atom stereocenters. The van der Waals surface area contributed by atoms with E-state index in [2.05, 4.69) is 10.4 Å². The Morgan fingerprint density at radius 1 is 1.26 bits per heavy atom. The number of carbonyl (C=O) groups excluding carboxylic acids is 1. The minimum atomic E-state index is -3.70. The molecule has 11 heteroatoms. The van der Waals surface area contributed by atoms with Crippen LogP contribution in [0.15, 0.2) is 0 Å². The second kappa shape index (κ2) is 8.90. The Morgan fingerprint density at radius 2 is 1.74 bits per heavy atom. The zero-order chi connectivity index (χ0) is 15.1. The Kier molecular flexibility index (Phi) is 9.25. The van der Waals surface area contributed by atoms with Gasteiger partial charge in [-0.25, -0.2) is 4.57 Å². The fourth-order valence-corrected chi connectivity index (χ4v) is 3.11. The van der Waals surface area contributed by atoms with Crippen LogP contribution >= 0.6 is 54.2 Å². The highest BCUT2D eigenvalue weighted by Crippen LogP contribution is 2.46. The Morgan fingerprint density at radius 3 is 2.05 bits per heavy atom. The van der Waals surface area contributed by atoms with Crippen molar-refractivity contribution >= 4 is 60.1 Å². The molecule has 0 heterocycles. The molecule has 0 aliphatic rings. The summed E-state index contributed by atoms with van der Waals surface area (Å²) in [6, 6.07) is 0. The maximum Gasteiger partial charge on any atom is 0.407 e. The molecule has 19 heavy (non-hydrogen) atoms. The number of carbonyl (C=O) groups is 1. The van der Waals surface area contributed by atoms with Crippen molar-refractivity contribution in [2.75, 3.05) is 19.1 Å². The van der Waals surface area contributed by atoms with Crippen LogP contribution in [0, 0.1) is 0 Å². The molecule has 0 spiro atoms. The number of rotatable bonds is 8. The van der Waals surface area contributed by atoms with Crippen molar-refractivity contribution in [3.8, 4) is 0 Å². The van der Waals surface area contributed by atoms with Gasteiger partial charge in [-0.3, -0.25) is 13.8 Å². The van der Waals surface area contributed by atoms with Gasteiger partial charge in [0, 0.05) is 0 Å². The number of alkyl halides is 4. The molecule has 0 aromatic carbocycles. The van der Waals surface area contributed by atoms with E-state index in [0.717, 1.165) is 0 Å². The highest BCUT2D eigenvalue weighted by atomic mass is 35.6. The lowest BCUT2D eigenvalue weighted by Crippen LogP contribution is -2.52. The summed E-state index contributed by atoms with van der Waals surface area (Å²) < 4.78 is 20.2. The minimum absolute atomic E-state index is 0.111. The highest BCUT2D eigenvalue weighted by molar-refractivity contribution is 7.51. The molecule has 0 aromatic heterocycles. The summed E-state index contributed by atoms with van der Waals surface area (Å²) >= 11 is 22.4. The van der Waals surface area contributed by atoms with Gasteiger partial charge in [-0.05, 0) is 13.8 Å². The molecule has 0 aliphatic carbocycles. The van der Waals surface area contributed by atoms with Crippen LogP contribution in [0.3, 0.4) is 0 Å². The first-order valence-electron chi connectivity index (χ1n) is 5.27. The van der Waals surface area contributed by atoms with Crippen molar-refractivity contribution < 1.29 is 18.4 Å². The Bertz CT molecular complexity index is 329. The van der Waals surface area contributed by atoms with Gasteiger partial charge >= 0.3 is 7.75 Å². The molecule has 0 rings (SSSR count). The predicted molar refractivity (Wildman–Crippen MR) is 76.9 cm³/mol. The fraction of sp³-hybridized carbons (Fsp3) is 0.875. The van der Waals surface area contributed by atoms with Crippen molar-refractivity contribution in [1.82, 2.24) is 10.4 Å². The van der Waals surface area contributed by atoms with Crippen LogP contribution in [-0.4, -0.2) is 35.0 Å². The lowest BCUT2D eigenvalue weighted by Gasteiger charge is -2.29. The summed E-state index contributed by atoms with van der Waals surface area (Å²) in [6.45, 7) is 3.46. The molecule has 0 radical (unpaired) electrons. The van der Waals surface area contributed by atoms with Crippen LogP contribution < -0.4 is 10.4 Å². The van der Waals surface area contributed by atoms with Crippen molar-refractivity contribution in [1.29, 1.82) is 0 Å². The summed E-state index contributed by atoms with van der Waals surface area (Å²) in [5.74, 6) is -0.947. The van der Waals surface area contributed by atoms with E-state index in [0.29, 0.717) is 0 Å². The van der Waals surface area contributed by atoms with E-state index in [1.54, 1.807) is 13.8 Å². The van der Waals surface area contributed by atoms with Gasteiger partial charge in [0.05, 0.1) is 13.2 Å². The SMILES string of the molecule is CCOP(=O)(NC(NC(=O)CCl)C(Cl)(Cl)Cl)OCC. The summed E-state index contributed by atoms with van der Waals surface area (Å²) in [4.78, 5) is 11.2. The molecular formula is C8H15Cl4N2O4P. The number of hydrogen-bond donors (Lipinski definition) is 2. The molecule has 6 nitrogen and oxygen atoms in total. The first-order valence-corrected chi connectivity index (χ1v) is 8.48. The average Bonchev–Trinajstić information content (AvgIpc) is 2.27. The lowest BCUT2D eigenvalue weighted by atomic mass is 10.5. The molecule has 0 aromatic rings. The normalized spacial score (nSPS) is 14.2. The van der Waals surface area contributed by atoms with Gasteiger partial charge in [-0.15, -0.1) is 11.6 Å². The zero-order valence-corrected chi connectivity index (χ0v) is 14.2. The second-order valence-corrected chi connectivity index (χ2v) is 7.54.